The number of rotatable bonds is 7. The molecule has 136 valence electrons. The summed E-state index contributed by atoms with van der Waals surface area (Å²) in [5.74, 6) is 1.44. The van der Waals surface area contributed by atoms with Gasteiger partial charge in [-0.1, -0.05) is 31.1 Å². The summed E-state index contributed by atoms with van der Waals surface area (Å²) in [6.07, 6.45) is 1.65. The minimum atomic E-state index is -0.190. The molecule has 0 saturated heterocycles. The van der Waals surface area contributed by atoms with Crippen LogP contribution in [0, 0.1) is 12.7 Å². The SMILES string of the molecule is CCNC(=NCc1ccc(F)c(C)c1)NCc1c(CC)noc1CC. The first kappa shape index (κ1) is 19.0. The molecule has 0 radical (unpaired) electrons. The molecule has 25 heavy (non-hydrogen) atoms. The van der Waals surface area contributed by atoms with Crippen molar-refractivity contribution in [2.75, 3.05) is 6.54 Å². The Balaban J connectivity index is 2.07. The van der Waals surface area contributed by atoms with Crippen molar-refractivity contribution < 1.29 is 8.91 Å². The van der Waals surface area contributed by atoms with Gasteiger partial charge in [-0.3, -0.25) is 0 Å². The second-order valence-electron chi connectivity index (χ2n) is 5.87. The van der Waals surface area contributed by atoms with Gasteiger partial charge in [0.25, 0.3) is 0 Å². The van der Waals surface area contributed by atoms with Crippen molar-refractivity contribution in [2.45, 2.75) is 53.6 Å². The second kappa shape index (κ2) is 9.20. The van der Waals surface area contributed by atoms with Crippen LogP contribution in [-0.4, -0.2) is 17.7 Å². The fraction of sp³-hybridized carbons (Fsp3) is 0.474. The summed E-state index contributed by atoms with van der Waals surface area (Å²) in [5.41, 5.74) is 3.70. The molecule has 0 saturated carbocycles. The van der Waals surface area contributed by atoms with Gasteiger partial charge in [-0.25, -0.2) is 9.38 Å². The highest BCUT2D eigenvalue weighted by Crippen LogP contribution is 2.15. The lowest BCUT2D eigenvalue weighted by atomic mass is 10.1. The largest absolute Gasteiger partial charge is 0.361 e. The fourth-order valence-electron chi connectivity index (χ4n) is 2.63. The third-order valence-corrected chi connectivity index (χ3v) is 4.03. The van der Waals surface area contributed by atoms with Crippen molar-refractivity contribution in [2.24, 2.45) is 4.99 Å². The Morgan fingerprint density at radius 2 is 2.00 bits per heavy atom. The number of aliphatic imine (C=N–C) groups is 1. The van der Waals surface area contributed by atoms with Gasteiger partial charge in [-0.15, -0.1) is 0 Å². The van der Waals surface area contributed by atoms with E-state index in [1.807, 2.05) is 13.0 Å². The maximum absolute atomic E-state index is 13.4. The molecule has 0 aliphatic heterocycles. The summed E-state index contributed by atoms with van der Waals surface area (Å²) < 4.78 is 18.8. The van der Waals surface area contributed by atoms with E-state index in [2.05, 4.69) is 34.6 Å². The van der Waals surface area contributed by atoms with E-state index in [-0.39, 0.29) is 5.82 Å². The van der Waals surface area contributed by atoms with Crippen molar-refractivity contribution >= 4 is 5.96 Å². The second-order valence-corrected chi connectivity index (χ2v) is 5.87. The van der Waals surface area contributed by atoms with Crippen LogP contribution >= 0.6 is 0 Å². The number of aromatic nitrogens is 1. The molecule has 1 aromatic heterocycles. The van der Waals surface area contributed by atoms with E-state index < -0.39 is 0 Å². The molecule has 6 heteroatoms. The molecule has 0 aliphatic carbocycles. The van der Waals surface area contributed by atoms with Crippen LogP contribution in [0.5, 0.6) is 0 Å². The van der Waals surface area contributed by atoms with Crippen LogP contribution in [0.4, 0.5) is 4.39 Å². The van der Waals surface area contributed by atoms with Gasteiger partial charge < -0.3 is 15.2 Å². The van der Waals surface area contributed by atoms with E-state index in [1.54, 1.807) is 13.0 Å². The maximum atomic E-state index is 13.4. The molecular weight excluding hydrogens is 319 g/mol. The maximum Gasteiger partial charge on any atom is 0.191 e. The smallest absolute Gasteiger partial charge is 0.191 e. The first-order chi connectivity index (χ1) is 12.1. The normalized spacial score (nSPS) is 11.6. The van der Waals surface area contributed by atoms with Gasteiger partial charge in [0.15, 0.2) is 5.96 Å². The third kappa shape index (κ3) is 5.05. The van der Waals surface area contributed by atoms with Crippen LogP contribution in [0.2, 0.25) is 0 Å². The number of halogens is 1. The molecular formula is C19H27FN4O. The minimum absolute atomic E-state index is 0.190. The molecule has 2 aromatic rings. The van der Waals surface area contributed by atoms with Crippen molar-refractivity contribution in [1.82, 2.24) is 15.8 Å². The molecule has 0 unspecified atom stereocenters. The highest BCUT2D eigenvalue weighted by atomic mass is 19.1. The van der Waals surface area contributed by atoms with Gasteiger partial charge in [0, 0.05) is 25.1 Å². The lowest BCUT2D eigenvalue weighted by Crippen LogP contribution is -2.37. The van der Waals surface area contributed by atoms with E-state index in [9.17, 15) is 4.39 Å². The molecule has 0 bridgehead atoms. The number of nitrogens with one attached hydrogen (secondary N) is 2. The van der Waals surface area contributed by atoms with Crippen LogP contribution < -0.4 is 10.6 Å². The molecule has 2 rings (SSSR count). The van der Waals surface area contributed by atoms with Gasteiger partial charge in [-0.2, -0.15) is 0 Å². The lowest BCUT2D eigenvalue weighted by Gasteiger charge is -2.12. The quantitative estimate of drug-likeness (QED) is 0.595. The first-order valence-electron chi connectivity index (χ1n) is 8.82. The Labute approximate surface area is 148 Å². The van der Waals surface area contributed by atoms with Crippen LogP contribution in [0.1, 0.15) is 48.9 Å². The number of nitrogens with zero attached hydrogens (tertiary/aromatic N) is 2. The van der Waals surface area contributed by atoms with Crippen molar-refractivity contribution in [1.29, 1.82) is 0 Å². The minimum Gasteiger partial charge on any atom is -0.361 e. The summed E-state index contributed by atoms with van der Waals surface area (Å²) in [4.78, 5) is 4.59. The van der Waals surface area contributed by atoms with Gasteiger partial charge >= 0.3 is 0 Å². The van der Waals surface area contributed by atoms with Crippen LogP contribution in [0.25, 0.3) is 0 Å². The Morgan fingerprint density at radius 1 is 1.20 bits per heavy atom. The highest BCUT2D eigenvalue weighted by Gasteiger charge is 2.13. The van der Waals surface area contributed by atoms with Gasteiger partial charge in [-0.05, 0) is 37.5 Å². The van der Waals surface area contributed by atoms with E-state index in [1.165, 1.54) is 6.07 Å². The molecule has 0 atom stereocenters. The Hall–Kier alpha value is -2.37. The van der Waals surface area contributed by atoms with E-state index >= 15 is 0 Å². The average Bonchev–Trinajstić information content (AvgIpc) is 3.02. The van der Waals surface area contributed by atoms with Gasteiger partial charge in [0.2, 0.25) is 0 Å². The summed E-state index contributed by atoms with van der Waals surface area (Å²) in [7, 11) is 0. The van der Waals surface area contributed by atoms with Crippen molar-refractivity contribution in [3.63, 3.8) is 0 Å². The molecule has 0 amide bonds. The van der Waals surface area contributed by atoms with Crippen LogP contribution in [0.15, 0.2) is 27.7 Å². The Morgan fingerprint density at radius 3 is 2.64 bits per heavy atom. The zero-order chi connectivity index (χ0) is 18.2. The predicted molar refractivity (Wildman–Crippen MR) is 98.1 cm³/mol. The lowest BCUT2D eigenvalue weighted by molar-refractivity contribution is 0.380. The summed E-state index contributed by atoms with van der Waals surface area (Å²) in [6, 6.07) is 5.07. The van der Waals surface area contributed by atoms with Gasteiger partial charge in [0.1, 0.15) is 11.6 Å². The fourth-order valence-corrected chi connectivity index (χ4v) is 2.63. The Kier molecular flexibility index (Phi) is 6.98. The Bertz CT molecular complexity index is 703. The zero-order valence-electron chi connectivity index (χ0n) is 15.4. The summed E-state index contributed by atoms with van der Waals surface area (Å²) in [5, 5.41) is 10.7. The zero-order valence-corrected chi connectivity index (χ0v) is 15.4. The van der Waals surface area contributed by atoms with Crippen LogP contribution in [0.3, 0.4) is 0 Å². The standard InChI is InChI=1S/C19H27FN4O/c1-5-17-15(18(6-2)25-24-17)12-23-19(21-7-3)22-11-14-8-9-16(20)13(4)10-14/h8-10H,5-7,11-12H2,1-4H3,(H2,21,22,23). The van der Waals surface area contributed by atoms with Crippen molar-refractivity contribution in [3.8, 4) is 0 Å². The molecule has 5 nitrogen and oxygen atoms in total. The number of hydrogen-bond donors (Lipinski definition) is 2. The molecule has 0 fully saturated rings. The highest BCUT2D eigenvalue weighted by molar-refractivity contribution is 5.79. The third-order valence-electron chi connectivity index (χ3n) is 4.03. The number of guanidine groups is 1. The monoisotopic (exact) mass is 346 g/mol. The first-order valence-corrected chi connectivity index (χ1v) is 8.82. The van der Waals surface area contributed by atoms with E-state index in [4.69, 9.17) is 4.52 Å². The predicted octanol–water partition coefficient (Wildman–Crippen LogP) is 3.50. The summed E-state index contributed by atoms with van der Waals surface area (Å²) >= 11 is 0. The van der Waals surface area contributed by atoms with Gasteiger partial charge in [0.05, 0.1) is 12.2 Å². The molecule has 1 heterocycles. The topological polar surface area (TPSA) is 62.5 Å². The number of aryl methyl sites for hydroxylation is 3. The average molecular weight is 346 g/mol. The molecule has 0 spiro atoms. The molecule has 1 aromatic carbocycles. The molecule has 0 aliphatic rings. The van der Waals surface area contributed by atoms with E-state index in [0.29, 0.717) is 18.7 Å². The number of benzene rings is 1. The van der Waals surface area contributed by atoms with Crippen LogP contribution in [-0.2, 0) is 25.9 Å². The molecule has 2 N–H and O–H groups in total. The van der Waals surface area contributed by atoms with Crippen molar-refractivity contribution in [3.05, 3.63) is 52.2 Å². The summed E-state index contributed by atoms with van der Waals surface area (Å²) in [6.45, 7) is 9.77. The number of hydrogen-bond acceptors (Lipinski definition) is 3. The van der Waals surface area contributed by atoms with E-state index in [0.717, 1.165) is 47.9 Å².